The van der Waals surface area contributed by atoms with E-state index in [0.29, 0.717) is 0 Å². The Bertz CT molecular complexity index is 558. The smallest absolute Gasteiger partial charge is 0.271 e. The number of sulfonamides is 1. The van der Waals surface area contributed by atoms with Gasteiger partial charge in [0.25, 0.3) is 5.69 Å². The third kappa shape index (κ3) is 2.58. The molecule has 0 spiro atoms. The van der Waals surface area contributed by atoms with E-state index in [2.05, 4.69) is 5.43 Å². The van der Waals surface area contributed by atoms with Gasteiger partial charge in [-0.15, -0.1) is 0 Å². The van der Waals surface area contributed by atoms with Crippen LogP contribution < -0.4 is 11.3 Å². The Hall–Kier alpha value is -1.71. The minimum Gasteiger partial charge on any atom is -0.323 e. The largest absolute Gasteiger partial charge is 0.323 e. The third-order valence-electron chi connectivity index (χ3n) is 2.46. The Kier molecular flexibility index (Phi) is 4.22. The van der Waals surface area contributed by atoms with Crippen LogP contribution in [0.5, 0.6) is 0 Å². The summed E-state index contributed by atoms with van der Waals surface area (Å²) in [5, 5.41) is 10.6. The zero-order chi connectivity index (χ0) is 13.9. The van der Waals surface area contributed by atoms with E-state index in [0.717, 1.165) is 22.5 Å². The fourth-order valence-electron chi connectivity index (χ4n) is 1.31. The van der Waals surface area contributed by atoms with Gasteiger partial charge in [0.2, 0.25) is 10.0 Å². The maximum absolute atomic E-state index is 12.1. The standard InChI is InChI=1S/C9H14N4O4S/c1-3-12(2)18(16,17)9-5-4-7(13(14)15)6-8(9)11-10/h4-6,11H,3,10H2,1-2H3. The predicted octanol–water partition coefficient (Wildman–Crippen LogP) is 0.521. The number of nitrogen functional groups attached to an aromatic ring is 1. The molecule has 0 aliphatic heterocycles. The van der Waals surface area contributed by atoms with Crippen LogP contribution in [0.25, 0.3) is 0 Å². The average molecular weight is 274 g/mol. The van der Waals surface area contributed by atoms with Crippen LogP contribution in [0.3, 0.4) is 0 Å². The number of hydrazine groups is 1. The van der Waals surface area contributed by atoms with Gasteiger partial charge in [0.05, 0.1) is 10.6 Å². The van der Waals surface area contributed by atoms with Crippen molar-refractivity contribution in [2.45, 2.75) is 11.8 Å². The Balaban J connectivity index is 3.39. The highest BCUT2D eigenvalue weighted by Gasteiger charge is 2.24. The number of anilines is 1. The minimum absolute atomic E-state index is 0.00972. The Labute approximate surface area is 105 Å². The lowest BCUT2D eigenvalue weighted by Gasteiger charge is -2.17. The van der Waals surface area contributed by atoms with E-state index in [1.54, 1.807) is 6.92 Å². The van der Waals surface area contributed by atoms with Gasteiger partial charge in [0.1, 0.15) is 4.90 Å². The molecule has 0 atom stereocenters. The molecule has 1 aromatic rings. The summed E-state index contributed by atoms with van der Waals surface area (Å²) in [6.45, 7) is 1.96. The van der Waals surface area contributed by atoms with Crippen LogP contribution in [-0.4, -0.2) is 31.2 Å². The van der Waals surface area contributed by atoms with Crippen LogP contribution in [0.1, 0.15) is 6.92 Å². The quantitative estimate of drug-likeness (QED) is 0.459. The predicted molar refractivity (Wildman–Crippen MR) is 66.4 cm³/mol. The SMILES string of the molecule is CCN(C)S(=O)(=O)c1ccc([N+](=O)[O-])cc1NN. The minimum atomic E-state index is -3.71. The second kappa shape index (κ2) is 5.29. The fraction of sp³-hybridized carbons (Fsp3) is 0.333. The lowest BCUT2D eigenvalue weighted by Crippen LogP contribution is -2.27. The number of hydrogen-bond acceptors (Lipinski definition) is 6. The van der Waals surface area contributed by atoms with Crippen LogP contribution in [0, 0.1) is 10.1 Å². The summed E-state index contributed by atoms with van der Waals surface area (Å²) in [5.74, 6) is 5.20. The molecule has 0 heterocycles. The van der Waals surface area contributed by atoms with Crippen molar-refractivity contribution in [2.75, 3.05) is 19.0 Å². The number of non-ortho nitro benzene ring substituents is 1. The van der Waals surface area contributed by atoms with Gasteiger partial charge >= 0.3 is 0 Å². The molecule has 0 bridgehead atoms. The van der Waals surface area contributed by atoms with E-state index >= 15 is 0 Å². The van der Waals surface area contributed by atoms with Crippen LogP contribution in [0.2, 0.25) is 0 Å². The highest BCUT2D eigenvalue weighted by Crippen LogP contribution is 2.27. The molecular weight excluding hydrogens is 260 g/mol. The summed E-state index contributed by atoms with van der Waals surface area (Å²) >= 11 is 0. The molecule has 0 aromatic heterocycles. The van der Waals surface area contributed by atoms with Crippen molar-refractivity contribution in [3.05, 3.63) is 28.3 Å². The third-order valence-corrected chi connectivity index (χ3v) is 4.45. The monoisotopic (exact) mass is 274 g/mol. The number of nitro benzene ring substituents is 1. The molecule has 0 aliphatic carbocycles. The van der Waals surface area contributed by atoms with Crippen molar-refractivity contribution >= 4 is 21.4 Å². The molecule has 0 amide bonds. The van der Waals surface area contributed by atoms with Gasteiger partial charge in [-0.1, -0.05) is 6.92 Å². The topological polar surface area (TPSA) is 119 Å². The number of rotatable bonds is 5. The first-order chi connectivity index (χ1) is 8.34. The molecule has 0 saturated heterocycles. The highest BCUT2D eigenvalue weighted by atomic mass is 32.2. The van der Waals surface area contributed by atoms with Gasteiger partial charge in [0.15, 0.2) is 0 Å². The normalized spacial score (nSPS) is 11.6. The second-order valence-electron chi connectivity index (χ2n) is 3.50. The van der Waals surface area contributed by atoms with Crippen LogP contribution >= 0.6 is 0 Å². The molecule has 0 fully saturated rings. The Morgan fingerprint density at radius 2 is 2.11 bits per heavy atom. The fourth-order valence-corrected chi connectivity index (χ4v) is 2.62. The number of hydrogen-bond donors (Lipinski definition) is 2. The molecule has 1 rings (SSSR count). The van der Waals surface area contributed by atoms with Crippen molar-refractivity contribution < 1.29 is 13.3 Å². The van der Waals surface area contributed by atoms with Crippen molar-refractivity contribution in [3.63, 3.8) is 0 Å². The van der Waals surface area contributed by atoms with Crippen LogP contribution in [-0.2, 0) is 10.0 Å². The number of nitro groups is 1. The van der Waals surface area contributed by atoms with E-state index in [9.17, 15) is 18.5 Å². The van der Waals surface area contributed by atoms with E-state index in [4.69, 9.17) is 5.84 Å². The summed E-state index contributed by atoms with van der Waals surface area (Å²) in [5.41, 5.74) is 1.92. The van der Waals surface area contributed by atoms with Gasteiger partial charge in [-0.25, -0.2) is 12.7 Å². The van der Waals surface area contributed by atoms with Crippen LogP contribution in [0.4, 0.5) is 11.4 Å². The van der Waals surface area contributed by atoms with Gasteiger partial charge < -0.3 is 5.43 Å². The maximum atomic E-state index is 12.1. The summed E-state index contributed by atoms with van der Waals surface area (Å²) in [6.07, 6.45) is 0. The van der Waals surface area contributed by atoms with Gasteiger partial charge in [-0.3, -0.25) is 16.0 Å². The summed E-state index contributed by atoms with van der Waals surface area (Å²) in [4.78, 5) is 9.88. The Morgan fingerprint density at radius 3 is 2.56 bits per heavy atom. The van der Waals surface area contributed by atoms with Crippen molar-refractivity contribution in [1.82, 2.24) is 4.31 Å². The summed E-state index contributed by atoms with van der Waals surface area (Å²) < 4.78 is 25.3. The second-order valence-corrected chi connectivity index (χ2v) is 5.51. The van der Waals surface area contributed by atoms with E-state index in [1.807, 2.05) is 0 Å². The zero-order valence-electron chi connectivity index (χ0n) is 9.95. The molecule has 0 radical (unpaired) electrons. The van der Waals surface area contributed by atoms with Crippen molar-refractivity contribution in [3.8, 4) is 0 Å². The molecule has 0 unspecified atom stereocenters. The lowest BCUT2D eigenvalue weighted by atomic mass is 10.3. The average Bonchev–Trinajstić information content (AvgIpc) is 2.36. The van der Waals surface area contributed by atoms with Crippen molar-refractivity contribution in [2.24, 2.45) is 5.84 Å². The van der Waals surface area contributed by atoms with Gasteiger partial charge in [-0.05, 0) is 6.07 Å². The highest BCUT2D eigenvalue weighted by molar-refractivity contribution is 7.89. The number of benzene rings is 1. The molecular formula is C9H14N4O4S. The molecule has 18 heavy (non-hydrogen) atoms. The zero-order valence-corrected chi connectivity index (χ0v) is 10.8. The first-order valence-corrected chi connectivity index (χ1v) is 6.50. The molecule has 1 aromatic carbocycles. The molecule has 100 valence electrons. The first kappa shape index (κ1) is 14.4. The molecule has 8 nitrogen and oxygen atoms in total. The van der Waals surface area contributed by atoms with E-state index in [-0.39, 0.29) is 22.8 Å². The lowest BCUT2D eigenvalue weighted by molar-refractivity contribution is -0.384. The number of nitrogens with one attached hydrogen (secondary N) is 1. The van der Waals surface area contributed by atoms with E-state index in [1.165, 1.54) is 7.05 Å². The maximum Gasteiger partial charge on any atom is 0.271 e. The molecule has 9 heteroatoms. The number of nitrogens with two attached hydrogens (primary N) is 1. The first-order valence-electron chi connectivity index (χ1n) is 5.06. The molecule has 0 saturated carbocycles. The summed E-state index contributed by atoms with van der Waals surface area (Å²) in [7, 11) is -2.29. The summed E-state index contributed by atoms with van der Waals surface area (Å²) in [6, 6.07) is 3.36. The van der Waals surface area contributed by atoms with Gasteiger partial charge in [0, 0.05) is 25.7 Å². The molecule has 0 aliphatic rings. The van der Waals surface area contributed by atoms with E-state index < -0.39 is 14.9 Å². The van der Waals surface area contributed by atoms with Crippen LogP contribution in [0.15, 0.2) is 23.1 Å². The number of nitrogens with zero attached hydrogens (tertiary/aromatic N) is 2. The van der Waals surface area contributed by atoms with Crippen molar-refractivity contribution in [1.29, 1.82) is 0 Å². The van der Waals surface area contributed by atoms with Gasteiger partial charge in [-0.2, -0.15) is 0 Å². The Morgan fingerprint density at radius 1 is 1.50 bits per heavy atom. The molecule has 3 N–H and O–H groups in total.